The van der Waals surface area contributed by atoms with E-state index in [1.54, 1.807) is 0 Å². The van der Waals surface area contributed by atoms with Crippen LogP contribution in [0.1, 0.15) is 37.7 Å². The summed E-state index contributed by atoms with van der Waals surface area (Å²) in [5.74, 6) is -0.0563. The van der Waals surface area contributed by atoms with Crippen molar-refractivity contribution in [3.63, 3.8) is 0 Å². The highest BCUT2D eigenvalue weighted by molar-refractivity contribution is 6.42. The zero-order valence-electron chi connectivity index (χ0n) is 12.9. The summed E-state index contributed by atoms with van der Waals surface area (Å²) < 4.78 is 5.36. The zero-order chi connectivity index (χ0) is 15.9. The molecule has 3 rings (SSSR count). The number of nitrogens with zero attached hydrogens (tertiary/aromatic N) is 1. The van der Waals surface area contributed by atoms with Crippen molar-refractivity contribution in [2.24, 2.45) is 5.92 Å². The molecule has 2 aliphatic heterocycles. The van der Waals surface area contributed by atoms with Crippen molar-refractivity contribution in [3.8, 4) is 0 Å². The molecular formula is C17H21Cl2NO2. The second kappa shape index (κ2) is 6.38. The Bertz CT molecular complexity index is 578. The fourth-order valence-corrected chi connectivity index (χ4v) is 4.42. The molecule has 0 radical (unpaired) electrons. The second-order valence-corrected chi connectivity index (χ2v) is 7.07. The van der Waals surface area contributed by atoms with E-state index in [1.165, 1.54) is 0 Å². The molecule has 0 saturated carbocycles. The lowest BCUT2D eigenvalue weighted by molar-refractivity contribution is -0.152. The average molecular weight is 342 g/mol. The van der Waals surface area contributed by atoms with Crippen LogP contribution in [-0.2, 0) is 9.53 Å². The molecule has 0 aromatic heterocycles. The Balaban J connectivity index is 1.96. The predicted molar refractivity (Wildman–Crippen MR) is 88.5 cm³/mol. The summed E-state index contributed by atoms with van der Waals surface area (Å²) in [6, 6.07) is 6.52. The highest BCUT2D eigenvalue weighted by Crippen LogP contribution is 2.47. The van der Waals surface area contributed by atoms with Crippen molar-refractivity contribution < 1.29 is 9.53 Å². The first-order chi connectivity index (χ1) is 10.5. The number of hydrogen-bond acceptors (Lipinski definition) is 3. The van der Waals surface area contributed by atoms with E-state index in [2.05, 4.69) is 11.9 Å². The summed E-state index contributed by atoms with van der Waals surface area (Å²) in [7, 11) is 2.12. The molecule has 0 unspecified atom stereocenters. The van der Waals surface area contributed by atoms with Gasteiger partial charge in [-0.05, 0) is 50.9 Å². The molecule has 2 heterocycles. The van der Waals surface area contributed by atoms with Crippen molar-refractivity contribution in [3.05, 3.63) is 33.8 Å². The van der Waals surface area contributed by atoms with Crippen molar-refractivity contribution in [2.45, 2.75) is 44.2 Å². The van der Waals surface area contributed by atoms with Gasteiger partial charge in [-0.25, -0.2) is 0 Å². The predicted octanol–water partition coefficient (Wildman–Crippen LogP) is 4.12. The lowest BCUT2D eigenvalue weighted by Gasteiger charge is -2.42. The summed E-state index contributed by atoms with van der Waals surface area (Å²) in [5, 5.41) is 1.10. The van der Waals surface area contributed by atoms with E-state index in [-0.39, 0.29) is 23.8 Å². The Kier molecular flexibility index (Phi) is 4.67. The molecule has 2 fully saturated rings. The van der Waals surface area contributed by atoms with Crippen LogP contribution in [-0.4, -0.2) is 36.6 Å². The second-order valence-electron chi connectivity index (χ2n) is 6.26. The van der Waals surface area contributed by atoms with Gasteiger partial charge < -0.3 is 4.74 Å². The Morgan fingerprint density at radius 3 is 2.77 bits per heavy atom. The molecule has 2 bridgehead atoms. The molecule has 5 heteroatoms. The molecule has 0 amide bonds. The van der Waals surface area contributed by atoms with Crippen LogP contribution in [0.2, 0.25) is 10.0 Å². The van der Waals surface area contributed by atoms with Gasteiger partial charge in [0.1, 0.15) is 0 Å². The number of ether oxygens (including phenoxy) is 1. The number of esters is 1. The van der Waals surface area contributed by atoms with Crippen LogP contribution in [0.5, 0.6) is 0 Å². The zero-order valence-corrected chi connectivity index (χ0v) is 14.4. The standard InChI is InChI=1S/C17H21Cl2NO2/c1-3-22-17(21)16-12(9-11-5-7-15(16)20(11)2)10-4-6-13(18)14(19)8-10/h4,6,8,11-12,15-16H,3,5,7,9H2,1-2H3/t11-,12+,15+,16+/m0/s1. The molecule has 1 aromatic rings. The van der Waals surface area contributed by atoms with Crippen LogP contribution in [0.25, 0.3) is 0 Å². The van der Waals surface area contributed by atoms with Gasteiger partial charge in [-0.15, -0.1) is 0 Å². The molecule has 4 atom stereocenters. The van der Waals surface area contributed by atoms with E-state index in [9.17, 15) is 4.79 Å². The van der Waals surface area contributed by atoms with Crippen LogP contribution < -0.4 is 0 Å². The van der Waals surface area contributed by atoms with E-state index in [4.69, 9.17) is 27.9 Å². The van der Waals surface area contributed by atoms with Crippen molar-refractivity contribution in [1.82, 2.24) is 4.90 Å². The molecule has 0 spiro atoms. The van der Waals surface area contributed by atoms with E-state index < -0.39 is 0 Å². The maximum absolute atomic E-state index is 12.6. The number of carbonyl (C=O) groups excluding carboxylic acids is 1. The van der Waals surface area contributed by atoms with Gasteiger partial charge in [0, 0.05) is 18.0 Å². The fraction of sp³-hybridized carbons (Fsp3) is 0.588. The SMILES string of the molecule is CCOC(=O)[C@@H]1[C@@H](c2ccc(Cl)c(Cl)c2)C[C@@H]2CC[C@H]1N2C. The highest BCUT2D eigenvalue weighted by Gasteiger charge is 2.49. The van der Waals surface area contributed by atoms with Gasteiger partial charge in [-0.1, -0.05) is 29.3 Å². The Morgan fingerprint density at radius 1 is 1.32 bits per heavy atom. The quantitative estimate of drug-likeness (QED) is 0.774. The van der Waals surface area contributed by atoms with Gasteiger partial charge in [-0.3, -0.25) is 9.69 Å². The topological polar surface area (TPSA) is 29.5 Å². The third-order valence-corrected chi connectivity index (χ3v) is 5.94. The summed E-state index contributed by atoms with van der Waals surface area (Å²) in [6.45, 7) is 2.28. The smallest absolute Gasteiger partial charge is 0.311 e. The Hall–Kier alpha value is -0.770. The van der Waals surface area contributed by atoms with Gasteiger partial charge in [0.15, 0.2) is 0 Å². The van der Waals surface area contributed by atoms with Gasteiger partial charge in [0.05, 0.1) is 22.6 Å². The molecule has 120 valence electrons. The van der Waals surface area contributed by atoms with Gasteiger partial charge in [-0.2, -0.15) is 0 Å². The third kappa shape index (κ3) is 2.75. The van der Waals surface area contributed by atoms with E-state index >= 15 is 0 Å². The van der Waals surface area contributed by atoms with Crippen molar-refractivity contribution in [1.29, 1.82) is 0 Å². The number of halogens is 2. The van der Waals surface area contributed by atoms with Crippen molar-refractivity contribution in [2.75, 3.05) is 13.7 Å². The molecule has 2 saturated heterocycles. The summed E-state index contributed by atoms with van der Waals surface area (Å²) in [4.78, 5) is 14.9. The summed E-state index contributed by atoms with van der Waals surface area (Å²) >= 11 is 12.2. The lowest BCUT2D eigenvalue weighted by atomic mass is 9.76. The summed E-state index contributed by atoms with van der Waals surface area (Å²) in [6.07, 6.45) is 3.17. The van der Waals surface area contributed by atoms with Gasteiger partial charge in [0.2, 0.25) is 0 Å². The Morgan fingerprint density at radius 2 is 2.09 bits per heavy atom. The average Bonchev–Trinajstić information content (AvgIpc) is 2.73. The highest BCUT2D eigenvalue weighted by atomic mass is 35.5. The molecule has 22 heavy (non-hydrogen) atoms. The van der Waals surface area contributed by atoms with Crippen LogP contribution in [0.15, 0.2) is 18.2 Å². The van der Waals surface area contributed by atoms with E-state index in [0.29, 0.717) is 22.7 Å². The first-order valence-electron chi connectivity index (χ1n) is 7.86. The maximum Gasteiger partial charge on any atom is 0.311 e. The van der Waals surface area contributed by atoms with Crippen LogP contribution >= 0.6 is 23.2 Å². The number of carbonyl (C=O) groups is 1. The third-order valence-electron chi connectivity index (χ3n) is 5.20. The van der Waals surface area contributed by atoms with Crippen molar-refractivity contribution >= 4 is 29.2 Å². The molecular weight excluding hydrogens is 321 g/mol. The number of hydrogen-bond donors (Lipinski definition) is 0. The molecule has 1 aromatic carbocycles. The van der Waals surface area contributed by atoms with E-state index in [1.807, 2.05) is 25.1 Å². The minimum absolute atomic E-state index is 0.0872. The Labute approximate surface area is 141 Å². The normalized spacial score (nSPS) is 31.3. The minimum Gasteiger partial charge on any atom is -0.466 e. The lowest BCUT2D eigenvalue weighted by Crippen LogP contribution is -2.49. The number of rotatable bonds is 3. The number of piperidine rings is 1. The van der Waals surface area contributed by atoms with Gasteiger partial charge >= 0.3 is 5.97 Å². The number of benzene rings is 1. The van der Waals surface area contributed by atoms with Crippen LogP contribution in [0.3, 0.4) is 0 Å². The van der Waals surface area contributed by atoms with Crippen LogP contribution in [0, 0.1) is 5.92 Å². The van der Waals surface area contributed by atoms with E-state index in [0.717, 1.165) is 24.8 Å². The molecule has 0 N–H and O–H groups in total. The molecule has 3 nitrogen and oxygen atoms in total. The first kappa shape index (κ1) is 16.1. The maximum atomic E-state index is 12.6. The molecule has 0 aliphatic carbocycles. The monoisotopic (exact) mass is 341 g/mol. The fourth-order valence-electron chi connectivity index (χ4n) is 4.11. The summed E-state index contributed by atoms with van der Waals surface area (Å²) in [5.41, 5.74) is 1.09. The minimum atomic E-state index is -0.124. The largest absolute Gasteiger partial charge is 0.466 e. The number of fused-ring (bicyclic) bond motifs is 2. The van der Waals surface area contributed by atoms with Crippen LogP contribution in [0.4, 0.5) is 0 Å². The van der Waals surface area contributed by atoms with Gasteiger partial charge in [0.25, 0.3) is 0 Å². The first-order valence-corrected chi connectivity index (χ1v) is 8.62. The molecule has 2 aliphatic rings.